The molecule has 11 heteroatoms. The zero-order chi connectivity index (χ0) is 22.4. The number of hydrogen-bond donors (Lipinski definition) is 0. The van der Waals surface area contributed by atoms with E-state index in [1.807, 2.05) is 4.90 Å². The van der Waals surface area contributed by atoms with Crippen LogP contribution >= 0.6 is 0 Å². The Morgan fingerprint density at radius 1 is 1.00 bits per heavy atom. The maximum Gasteiger partial charge on any atom is 0.353 e. The number of anilines is 2. The number of ether oxygens (including phenoxy) is 2. The van der Waals surface area contributed by atoms with Gasteiger partial charge in [0.1, 0.15) is 6.33 Å². The molecule has 0 bridgehead atoms. The normalized spacial score (nSPS) is 19.7. The Labute approximate surface area is 180 Å². The second-order valence-electron chi connectivity index (χ2n) is 7.68. The molecule has 2 saturated heterocycles. The first kappa shape index (κ1) is 22.7. The lowest BCUT2D eigenvalue weighted by atomic mass is 9.96. The Hall–Kier alpha value is -2.98. The van der Waals surface area contributed by atoms with E-state index in [-0.39, 0.29) is 41.1 Å². The molecule has 0 aromatic carbocycles. The number of aromatic nitrogens is 2. The van der Waals surface area contributed by atoms with Gasteiger partial charge in [0, 0.05) is 26.2 Å². The zero-order valence-electron chi connectivity index (χ0n) is 18.0. The van der Waals surface area contributed by atoms with Crippen molar-refractivity contribution in [3.63, 3.8) is 0 Å². The van der Waals surface area contributed by atoms with Crippen LogP contribution < -0.4 is 9.80 Å². The van der Waals surface area contributed by atoms with E-state index in [9.17, 15) is 19.7 Å². The number of nitro groups is 1. The maximum atomic E-state index is 12.2. The predicted molar refractivity (Wildman–Crippen MR) is 112 cm³/mol. The van der Waals surface area contributed by atoms with Crippen LogP contribution in [0.3, 0.4) is 0 Å². The van der Waals surface area contributed by atoms with Crippen molar-refractivity contribution in [2.45, 2.75) is 39.5 Å². The van der Waals surface area contributed by atoms with Gasteiger partial charge in [-0.3, -0.25) is 19.7 Å². The van der Waals surface area contributed by atoms with Crippen molar-refractivity contribution in [1.82, 2.24) is 9.97 Å². The highest BCUT2D eigenvalue weighted by molar-refractivity contribution is 5.76. The molecule has 0 amide bonds. The van der Waals surface area contributed by atoms with Crippen LogP contribution in [0.2, 0.25) is 0 Å². The van der Waals surface area contributed by atoms with Gasteiger partial charge in [-0.25, -0.2) is 9.97 Å². The molecule has 3 heterocycles. The summed E-state index contributed by atoms with van der Waals surface area (Å²) in [6, 6.07) is 0. The third-order valence-electron chi connectivity index (χ3n) is 5.72. The van der Waals surface area contributed by atoms with Crippen molar-refractivity contribution in [3.8, 4) is 0 Å². The van der Waals surface area contributed by atoms with E-state index in [1.54, 1.807) is 18.7 Å². The van der Waals surface area contributed by atoms with Crippen LogP contribution in [0.15, 0.2) is 6.33 Å². The van der Waals surface area contributed by atoms with Crippen molar-refractivity contribution in [3.05, 3.63) is 16.4 Å². The average molecular weight is 435 g/mol. The third-order valence-corrected chi connectivity index (χ3v) is 5.72. The minimum atomic E-state index is -0.462. The summed E-state index contributed by atoms with van der Waals surface area (Å²) in [6.45, 7) is 5.98. The molecule has 2 aliphatic heterocycles. The molecular formula is C20H29N5O6. The van der Waals surface area contributed by atoms with Gasteiger partial charge in [-0.15, -0.1) is 0 Å². The summed E-state index contributed by atoms with van der Waals surface area (Å²) in [5.74, 6) is -0.591. The molecule has 2 fully saturated rings. The number of nitrogens with zero attached hydrogens (tertiary/aromatic N) is 5. The van der Waals surface area contributed by atoms with Gasteiger partial charge in [-0.05, 0) is 39.5 Å². The fraction of sp³-hybridized carbons (Fsp3) is 0.700. The third kappa shape index (κ3) is 5.20. The Bertz CT molecular complexity index is 811. The lowest BCUT2D eigenvalue weighted by Crippen LogP contribution is -2.41. The minimum Gasteiger partial charge on any atom is -0.466 e. The van der Waals surface area contributed by atoms with Gasteiger partial charge in [0.25, 0.3) is 0 Å². The Balaban J connectivity index is 1.80. The highest BCUT2D eigenvalue weighted by Gasteiger charge is 2.36. The summed E-state index contributed by atoms with van der Waals surface area (Å²) in [5.41, 5.74) is -0.165. The summed E-state index contributed by atoms with van der Waals surface area (Å²) in [5, 5.41) is 12.0. The van der Waals surface area contributed by atoms with Crippen molar-refractivity contribution >= 4 is 29.3 Å². The second-order valence-corrected chi connectivity index (χ2v) is 7.68. The molecule has 2 aliphatic rings. The monoisotopic (exact) mass is 435 g/mol. The molecule has 11 nitrogen and oxygen atoms in total. The molecule has 1 atom stereocenters. The summed E-state index contributed by atoms with van der Waals surface area (Å²) < 4.78 is 10.2. The standard InChI is InChI=1S/C20H29N5O6/c1-3-30-19(26)14-7-10-23(11-8-14)17-16(25(28)29)18(22-13-21-17)24-9-5-6-15(12-24)20(27)31-4-2/h13-15H,3-12H2,1-2H3. The van der Waals surface area contributed by atoms with Gasteiger partial charge >= 0.3 is 17.6 Å². The number of esters is 2. The molecule has 0 saturated carbocycles. The smallest absolute Gasteiger partial charge is 0.353 e. The van der Waals surface area contributed by atoms with Crippen LogP contribution in [0.4, 0.5) is 17.3 Å². The van der Waals surface area contributed by atoms with E-state index in [4.69, 9.17) is 9.47 Å². The molecule has 0 spiro atoms. The van der Waals surface area contributed by atoms with Gasteiger partial charge in [0.05, 0.1) is 30.0 Å². The van der Waals surface area contributed by atoms with Gasteiger partial charge in [0.15, 0.2) is 0 Å². The summed E-state index contributed by atoms with van der Waals surface area (Å²) in [4.78, 5) is 47.7. The maximum absolute atomic E-state index is 12.2. The van der Waals surface area contributed by atoms with E-state index >= 15 is 0 Å². The molecule has 0 radical (unpaired) electrons. The lowest BCUT2D eigenvalue weighted by Gasteiger charge is -2.34. The Kier molecular flexibility index (Phi) is 7.59. The van der Waals surface area contributed by atoms with Crippen LogP contribution in [0, 0.1) is 22.0 Å². The summed E-state index contributed by atoms with van der Waals surface area (Å²) >= 11 is 0. The molecule has 1 unspecified atom stereocenters. The van der Waals surface area contributed by atoms with Crippen LogP contribution in [-0.2, 0) is 19.1 Å². The van der Waals surface area contributed by atoms with E-state index in [2.05, 4.69) is 9.97 Å². The number of hydrogen-bond acceptors (Lipinski definition) is 10. The van der Waals surface area contributed by atoms with Crippen molar-refractivity contribution in [2.24, 2.45) is 11.8 Å². The van der Waals surface area contributed by atoms with Crippen molar-refractivity contribution < 1.29 is 24.0 Å². The first-order valence-electron chi connectivity index (χ1n) is 10.8. The largest absolute Gasteiger partial charge is 0.466 e. The number of carbonyl (C=O) groups excluding carboxylic acids is 2. The average Bonchev–Trinajstić information content (AvgIpc) is 2.79. The zero-order valence-corrected chi connectivity index (χ0v) is 18.0. The van der Waals surface area contributed by atoms with Crippen LogP contribution in [0.5, 0.6) is 0 Å². The van der Waals surface area contributed by atoms with Gasteiger partial charge in [0.2, 0.25) is 11.6 Å². The van der Waals surface area contributed by atoms with Crippen LogP contribution in [0.1, 0.15) is 39.5 Å². The molecule has 0 N–H and O–H groups in total. The van der Waals surface area contributed by atoms with Crippen LogP contribution in [0.25, 0.3) is 0 Å². The van der Waals surface area contributed by atoms with Gasteiger partial charge in [-0.1, -0.05) is 0 Å². The van der Waals surface area contributed by atoms with E-state index < -0.39 is 4.92 Å². The summed E-state index contributed by atoms with van der Waals surface area (Å²) in [6.07, 6.45) is 3.81. The topological polar surface area (TPSA) is 128 Å². The van der Waals surface area contributed by atoms with E-state index in [1.165, 1.54) is 6.33 Å². The quantitative estimate of drug-likeness (QED) is 0.356. The van der Waals surface area contributed by atoms with Crippen molar-refractivity contribution in [1.29, 1.82) is 0 Å². The lowest BCUT2D eigenvalue weighted by molar-refractivity contribution is -0.383. The summed E-state index contributed by atoms with van der Waals surface area (Å²) in [7, 11) is 0. The van der Waals surface area contributed by atoms with E-state index in [0.717, 1.165) is 0 Å². The highest BCUT2D eigenvalue weighted by Crippen LogP contribution is 2.37. The highest BCUT2D eigenvalue weighted by atomic mass is 16.6. The van der Waals surface area contributed by atoms with Crippen LogP contribution in [-0.4, -0.2) is 66.2 Å². The van der Waals surface area contributed by atoms with Crippen molar-refractivity contribution in [2.75, 3.05) is 49.2 Å². The minimum absolute atomic E-state index is 0.165. The molecule has 170 valence electrons. The first-order chi connectivity index (χ1) is 15.0. The molecule has 31 heavy (non-hydrogen) atoms. The van der Waals surface area contributed by atoms with E-state index in [0.29, 0.717) is 65.1 Å². The second kappa shape index (κ2) is 10.4. The fourth-order valence-electron chi connectivity index (χ4n) is 4.20. The Morgan fingerprint density at radius 3 is 2.16 bits per heavy atom. The number of rotatable bonds is 7. The molecule has 1 aromatic heterocycles. The first-order valence-corrected chi connectivity index (χ1v) is 10.8. The number of piperidine rings is 2. The number of carbonyl (C=O) groups is 2. The molecular weight excluding hydrogens is 406 g/mol. The molecule has 0 aliphatic carbocycles. The SMILES string of the molecule is CCOC(=O)C1CCN(c2ncnc(N3CCCC(C(=O)OCC)C3)c2[N+](=O)[O-])CC1. The molecule has 1 aromatic rings. The van der Waals surface area contributed by atoms with Gasteiger partial charge < -0.3 is 19.3 Å². The Morgan fingerprint density at radius 2 is 1.58 bits per heavy atom. The predicted octanol–water partition coefficient (Wildman–Crippen LogP) is 1.94. The fourth-order valence-corrected chi connectivity index (χ4v) is 4.20. The molecule has 3 rings (SSSR count). The van der Waals surface area contributed by atoms with Gasteiger partial charge in [-0.2, -0.15) is 0 Å².